The topological polar surface area (TPSA) is 80.6 Å². The third-order valence-corrected chi connectivity index (χ3v) is 3.76. The Kier molecular flexibility index (Phi) is 5.21. The molecule has 0 saturated heterocycles. The molecule has 0 aliphatic heterocycles. The minimum Gasteiger partial charge on any atom is -0.495 e. The number of aryl methyl sites for hydroxylation is 1. The van der Waals surface area contributed by atoms with Crippen molar-refractivity contribution >= 4 is 23.2 Å². The van der Waals surface area contributed by atoms with Gasteiger partial charge in [0.1, 0.15) is 17.3 Å². The second-order valence-electron chi connectivity index (χ2n) is 5.74. The van der Waals surface area contributed by atoms with Crippen molar-refractivity contribution in [3.8, 4) is 5.75 Å². The molecule has 0 aliphatic rings. The monoisotopic (exact) mass is 368 g/mol. The third-order valence-electron chi connectivity index (χ3n) is 3.76. The Morgan fingerprint density at radius 3 is 2.48 bits per heavy atom. The van der Waals surface area contributed by atoms with Gasteiger partial charge in [-0.15, -0.1) is 0 Å². The second kappa shape index (κ2) is 7.74. The van der Waals surface area contributed by atoms with Crippen molar-refractivity contribution in [1.29, 1.82) is 0 Å². The van der Waals surface area contributed by atoms with E-state index in [-0.39, 0.29) is 11.3 Å². The number of nitrogens with one attached hydrogen (secondary N) is 2. The molecule has 0 spiro atoms. The van der Waals surface area contributed by atoms with Gasteiger partial charge in [0.15, 0.2) is 5.76 Å². The largest absolute Gasteiger partial charge is 0.495 e. The van der Waals surface area contributed by atoms with E-state index in [0.717, 1.165) is 6.07 Å². The number of benzene rings is 2. The zero-order valence-corrected chi connectivity index (χ0v) is 14.7. The summed E-state index contributed by atoms with van der Waals surface area (Å²) in [5.41, 5.74) is 0.933. The summed E-state index contributed by atoms with van der Waals surface area (Å²) in [6.07, 6.45) is 0. The molecular formula is C20H17FN2O4. The van der Waals surface area contributed by atoms with Crippen LogP contribution < -0.4 is 15.4 Å². The standard InChI is InChI=1S/C20H17FN2O4/c1-12-6-8-18(27-12)20(25)22-15-7-9-17(26-2)16(11-15)23-19(24)13-4-3-5-14(21)10-13/h3-11H,1-2H3,(H,22,25)(H,23,24). The summed E-state index contributed by atoms with van der Waals surface area (Å²) in [5.74, 6) is -0.240. The van der Waals surface area contributed by atoms with Gasteiger partial charge >= 0.3 is 0 Å². The number of furan rings is 1. The number of hydrogen-bond acceptors (Lipinski definition) is 4. The van der Waals surface area contributed by atoms with Crippen molar-refractivity contribution in [2.75, 3.05) is 17.7 Å². The molecule has 3 aromatic rings. The van der Waals surface area contributed by atoms with E-state index in [1.807, 2.05) is 0 Å². The molecule has 1 aromatic heterocycles. The van der Waals surface area contributed by atoms with Crippen molar-refractivity contribution < 1.29 is 23.1 Å². The zero-order valence-electron chi connectivity index (χ0n) is 14.7. The molecule has 3 rings (SSSR count). The molecule has 0 bridgehead atoms. The Labute approximate surface area is 155 Å². The van der Waals surface area contributed by atoms with Crippen LogP contribution in [0.4, 0.5) is 15.8 Å². The number of carbonyl (C=O) groups is 2. The van der Waals surface area contributed by atoms with Crippen LogP contribution in [0.3, 0.4) is 0 Å². The van der Waals surface area contributed by atoms with Gasteiger partial charge in [-0.1, -0.05) is 6.07 Å². The van der Waals surface area contributed by atoms with Crippen LogP contribution in [-0.2, 0) is 0 Å². The van der Waals surface area contributed by atoms with Gasteiger partial charge in [0.2, 0.25) is 0 Å². The molecule has 7 heteroatoms. The fraction of sp³-hybridized carbons (Fsp3) is 0.100. The normalized spacial score (nSPS) is 10.3. The Hall–Kier alpha value is -3.61. The molecule has 0 aliphatic carbocycles. The molecule has 0 unspecified atom stereocenters. The van der Waals surface area contributed by atoms with Gasteiger partial charge in [0, 0.05) is 11.3 Å². The van der Waals surface area contributed by atoms with Crippen LogP contribution in [-0.4, -0.2) is 18.9 Å². The first kappa shape index (κ1) is 18.2. The minimum atomic E-state index is -0.510. The maximum Gasteiger partial charge on any atom is 0.291 e. The minimum absolute atomic E-state index is 0.164. The highest BCUT2D eigenvalue weighted by Crippen LogP contribution is 2.28. The van der Waals surface area contributed by atoms with Gasteiger partial charge in [0.05, 0.1) is 12.8 Å². The van der Waals surface area contributed by atoms with E-state index in [2.05, 4.69) is 10.6 Å². The molecular weight excluding hydrogens is 351 g/mol. The fourth-order valence-electron chi connectivity index (χ4n) is 2.46. The molecule has 0 saturated carbocycles. The van der Waals surface area contributed by atoms with Crippen LogP contribution in [0.5, 0.6) is 5.75 Å². The molecule has 2 aromatic carbocycles. The van der Waals surface area contributed by atoms with Gasteiger partial charge in [-0.2, -0.15) is 0 Å². The van der Waals surface area contributed by atoms with Gasteiger partial charge in [0.25, 0.3) is 11.8 Å². The fourth-order valence-corrected chi connectivity index (χ4v) is 2.46. The number of halogens is 1. The molecule has 2 N–H and O–H groups in total. The van der Waals surface area contributed by atoms with Crippen molar-refractivity contribution in [2.45, 2.75) is 6.92 Å². The highest BCUT2D eigenvalue weighted by Gasteiger charge is 2.14. The summed E-state index contributed by atoms with van der Waals surface area (Å²) in [6, 6.07) is 13.4. The first-order chi connectivity index (χ1) is 13.0. The van der Waals surface area contributed by atoms with E-state index in [0.29, 0.717) is 22.9 Å². The summed E-state index contributed by atoms with van der Waals surface area (Å²) in [5, 5.41) is 5.34. The summed E-state index contributed by atoms with van der Waals surface area (Å²) in [7, 11) is 1.46. The summed E-state index contributed by atoms with van der Waals surface area (Å²) in [6.45, 7) is 1.74. The van der Waals surface area contributed by atoms with Gasteiger partial charge in [-0.3, -0.25) is 9.59 Å². The summed E-state index contributed by atoms with van der Waals surface area (Å²) < 4.78 is 23.8. The smallest absolute Gasteiger partial charge is 0.291 e. The van der Waals surface area contributed by atoms with Crippen LogP contribution in [0.1, 0.15) is 26.7 Å². The highest BCUT2D eigenvalue weighted by molar-refractivity contribution is 6.06. The Morgan fingerprint density at radius 1 is 1.00 bits per heavy atom. The van der Waals surface area contributed by atoms with E-state index >= 15 is 0 Å². The highest BCUT2D eigenvalue weighted by atomic mass is 19.1. The molecule has 0 radical (unpaired) electrons. The first-order valence-corrected chi connectivity index (χ1v) is 8.09. The number of ether oxygens (including phenoxy) is 1. The maximum atomic E-state index is 13.3. The predicted octanol–water partition coefficient (Wildman–Crippen LogP) is 4.24. The SMILES string of the molecule is COc1ccc(NC(=O)c2ccc(C)o2)cc1NC(=O)c1cccc(F)c1. The van der Waals surface area contributed by atoms with E-state index in [4.69, 9.17) is 9.15 Å². The number of amides is 2. The Morgan fingerprint density at radius 2 is 1.81 bits per heavy atom. The summed E-state index contributed by atoms with van der Waals surface area (Å²) >= 11 is 0. The number of hydrogen-bond donors (Lipinski definition) is 2. The number of rotatable bonds is 5. The average molecular weight is 368 g/mol. The molecule has 2 amide bonds. The van der Waals surface area contributed by atoms with Crippen LogP contribution in [0, 0.1) is 12.7 Å². The first-order valence-electron chi connectivity index (χ1n) is 8.09. The van der Waals surface area contributed by atoms with Crippen LogP contribution in [0.2, 0.25) is 0 Å². The maximum absolute atomic E-state index is 13.3. The lowest BCUT2D eigenvalue weighted by Gasteiger charge is -2.12. The van der Waals surface area contributed by atoms with E-state index in [1.54, 1.807) is 37.3 Å². The Balaban J connectivity index is 1.81. The van der Waals surface area contributed by atoms with Gasteiger partial charge in [-0.05, 0) is 55.5 Å². The van der Waals surface area contributed by atoms with Gasteiger partial charge < -0.3 is 19.8 Å². The lowest BCUT2D eigenvalue weighted by molar-refractivity contribution is 0.0994. The summed E-state index contributed by atoms with van der Waals surface area (Å²) in [4.78, 5) is 24.6. The molecule has 1 heterocycles. The lowest BCUT2D eigenvalue weighted by Crippen LogP contribution is -2.14. The molecule has 6 nitrogen and oxygen atoms in total. The predicted molar refractivity (Wildman–Crippen MR) is 98.7 cm³/mol. The van der Waals surface area contributed by atoms with Crippen molar-refractivity contribution in [3.05, 3.63) is 77.5 Å². The van der Waals surface area contributed by atoms with E-state index in [1.165, 1.54) is 25.3 Å². The van der Waals surface area contributed by atoms with Crippen molar-refractivity contribution in [3.63, 3.8) is 0 Å². The molecule has 27 heavy (non-hydrogen) atoms. The molecule has 0 fully saturated rings. The van der Waals surface area contributed by atoms with Crippen LogP contribution in [0.25, 0.3) is 0 Å². The number of anilines is 2. The Bertz CT molecular complexity index is 997. The van der Waals surface area contributed by atoms with E-state index < -0.39 is 17.6 Å². The van der Waals surface area contributed by atoms with E-state index in [9.17, 15) is 14.0 Å². The average Bonchev–Trinajstić information content (AvgIpc) is 3.08. The quantitative estimate of drug-likeness (QED) is 0.706. The third kappa shape index (κ3) is 4.33. The van der Waals surface area contributed by atoms with Crippen LogP contribution in [0.15, 0.2) is 59.0 Å². The van der Waals surface area contributed by atoms with Crippen molar-refractivity contribution in [1.82, 2.24) is 0 Å². The van der Waals surface area contributed by atoms with Crippen molar-refractivity contribution in [2.24, 2.45) is 0 Å². The van der Waals surface area contributed by atoms with Crippen LogP contribution >= 0.6 is 0 Å². The van der Waals surface area contributed by atoms with Gasteiger partial charge in [-0.25, -0.2) is 4.39 Å². The second-order valence-corrected chi connectivity index (χ2v) is 5.74. The lowest BCUT2D eigenvalue weighted by atomic mass is 10.2. The molecule has 138 valence electrons. The number of methoxy groups -OCH3 is 1. The molecule has 0 atom stereocenters. The number of carbonyl (C=O) groups excluding carboxylic acids is 2. The zero-order chi connectivity index (χ0) is 19.4.